The van der Waals surface area contributed by atoms with E-state index in [1.807, 2.05) is 0 Å². The average molecular weight is 351 g/mol. The van der Waals surface area contributed by atoms with Gasteiger partial charge < -0.3 is 10.2 Å². The second-order valence-corrected chi connectivity index (χ2v) is 7.99. The van der Waals surface area contributed by atoms with Crippen LogP contribution in [0.2, 0.25) is 0 Å². The lowest BCUT2D eigenvalue weighted by atomic mass is 9.73. The highest BCUT2D eigenvalue weighted by atomic mass is 79.9. The molecule has 3 rings (SSSR count). The molecule has 2 unspecified atom stereocenters. The van der Waals surface area contributed by atoms with E-state index >= 15 is 0 Å². The molecule has 2 aliphatic rings. The predicted octanol–water partition coefficient (Wildman–Crippen LogP) is 4.68. The Kier molecular flexibility index (Phi) is 4.60. The van der Waals surface area contributed by atoms with Gasteiger partial charge in [-0.1, -0.05) is 28.4 Å². The van der Waals surface area contributed by atoms with E-state index < -0.39 is 0 Å². The molecule has 0 aromatic heterocycles. The Morgan fingerprint density at radius 1 is 1.19 bits per heavy atom. The van der Waals surface area contributed by atoms with Crippen molar-refractivity contribution in [1.82, 2.24) is 4.90 Å². The highest BCUT2D eigenvalue weighted by Gasteiger charge is 2.39. The van der Waals surface area contributed by atoms with E-state index in [9.17, 15) is 0 Å². The normalized spacial score (nSPS) is 29.7. The van der Waals surface area contributed by atoms with Crippen molar-refractivity contribution in [3.63, 3.8) is 0 Å². The molecule has 2 fully saturated rings. The van der Waals surface area contributed by atoms with Gasteiger partial charge in [-0.25, -0.2) is 0 Å². The summed E-state index contributed by atoms with van der Waals surface area (Å²) in [5.74, 6) is 1.61. The fourth-order valence-corrected chi connectivity index (χ4v) is 4.38. The van der Waals surface area contributed by atoms with Crippen LogP contribution < -0.4 is 5.32 Å². The van der Waals surface area contributed by atoms with Crippen LogP contribution in [0.1, 0.15) is 38.7 Å². The molecule has 21 heavy (non-hydrogen) atoms. The van der Waals surface area contributed by atoms with E-state index in [1.54, 1.807) is 0 Å². The monoisotopic (exact) mass is 350 g/mol. The molecule has 1 aliphatic carbocycles. The largest absolute Gasteiger partial charge is 0.382 e. The van der Waals surface area contributed by atoms with Crippen LogP contribution >= 0.6 is 15.9 Å². The molecule has 0 radical (unpaired) electrons. The maximum Gasteiger partial charge on any atom is 0.0354 e. The third-order valence-electron chi connectivity index (χ3n) is 5.34. The van der Waals surface area contributed by atoms with Gasteiger partial charge in [0.25, 0.3) is 0 Å². The fraction of sp³-hybridized carbons (Fsp3) is 0.667. The van der Waals surface area contributed by atoms with Gasteiger partial charge in [-0.05, 0) is 63.1 Å². The topological polar surface area (TPSA) is 15.3 Å². The van der Waals surface area contributed by atoms with Crippen LogP contribution in [0.15, 0.2) is 22.7 Å². The zero-order valence-corrected chi connectivity index (χ0v) is 15.0. The van der Waals surface area contributed by atoms with Gasteiger partial charge in [0.15, 0.2) is 0 Å². The molecular formula is C18H27BrN2. The van der Waals surface area contributed by atoms with Gasteiger partial charge in [-0.15, -0.1) is 0 Å². The van der Waals surface area contributed by atoms with Gasteiger partial charge in [-0.3, -0.25) is 0 Å². The van der Waals surface area contributed by atoms with Crippen molar-refractivity contribution in [3.8, 4) is 0 Å². The van der Waals surface area contributed by atoms with Crippen LogP contribution in [-0.4, -0.2) is 30.1 Å². The summed E-state index contributed by atoms with van der Waals surface area (Å²) >= 11 is 3.65. The van der Waals surface area contributed by atoms with Crippen molar-refractivity contribution in [3.05, 3.63) is 28.2 Å². The Balaban J connectivity index is 1.74. The number of hydrogen-bond acceptors (Lipinski definition) is 2. The molecule has 2 nitrogen and oxygen atoms in total. The Bertz CT molecular complexity index is 486. The molecule has 1 saturated heterocycles. The van der Waals surface area contributed by atoms with Crippen molar-refractivity contribution in [2.45, 2.75) is 52.1 Å². The van der Waals surface area contributed by atoms with E-state index in [4.69, 9.17) is 0 Å². The fourth-order valence-electron chi connectivity index (χ4n) is 4.01. The van der Waals surface area contributed by atoms with Crippen LogP contribution in [0.25, 0.3) is 0 Å². The van der Waals surface area contributed by atoms with Crippen molar-refractivity contribution < 1.29 is 0 Å². The van der Waals surface area contributed by atoms with Gasteiger partial charge >= 0.3 is 0 Å². The number of rotatable bonds is 3. The zero-order chi connectivity index (χ0) is 15.0. The van der Waals surface area contributed by atoms with Crippen LogP contribution in [0.4, 0.5) is 5.69 Å². The highest BCUT2D eigenvalue weighted by molar-refractivity contribution is 9.10. The van der Waals surface area contributed by atoms with E-state index in [2.05, 4.69) is 65.1 Å². The second kappa shape index (κ2) is 6.29. The maximum atomic E-state index is 3.85. The summed E-state index contributed by atoms with van der Waals surface area (Å²) in [6, 6.07) is 8.00. The van der Waals surface area contributed by atoms with Crippen LogP contribution in [0.5, 0.6) is 0 Å². The van der Waals surface area contributed by atoms with Crippen molar-refractivity contribution in [2.24, 2.45) is 11.8 Å². The Labute approximate surface area is 137 Å². The van der Waals surface area contributed by atoms with Crippen LogP contribution in [0, 0.1) is 18.8 Å². The van der Waals surface area contributed by atoms with Crippen molar-refractivity contribution in [1.29, 1.82) is 0 Å². The first-order valence-corrected chi connectivity index (χ1v) is 9.10. The summed E-state index contributed by atoms with van der Waals surface area (Å²) in [7, 11) is 0. The first-order chi connectivity index (χ1) is 10.0. The minimum Gasteiger partial charge on any atom is -0.382 e. The summed E-state index contributed by atoms with van der Waals surface area (Å²) in [5.41, 5.74) is 2.57. The average Bonchev–Trinajstić information content (AvgIpc) is 2.42. The van der Waals surface area contributed by atoms with Gasteiger partial charge in [0.1, 0.15) is 0 Å². The number of benzene rings is 1. The molecule has 1 saturated carbocycles. The third-order valence-corrected chi connectivity index (χ3v) is 6.19. The minimum absolute atomic E-state index is 0.656. The Morgan fingerprint density at radius 3 is 2.43 bits per heavy atom. The number of anilines is 1. The summed E-state index contributed by atoms with van der Waals surface area (Å²) < 4.78 is 1.21. The lowest BCUT2D eigenvalue weighted by Gasteiger charge is -2.49. The van der Waals surface area contributed by atoms with Crippen molar-refractivity contribution in [2.75, 3.05) is 18.4 Å². The van der Waals surface area contributed by atoms with Crippen LogP contribution in [0.3, 0.4) is 0 Å². The first-order valence-electron chi connectivity index (χ1n) is 8.31. The smallest absolute Gasteiger partial charge is 0.0354 e. The van der Waals surface area contributed by atoms with Gasteiger partial charge in [0, 0.05) is 35.3 Å². The third kappa shape index (κ3) is 3.29. The molecule has 0 amide bonds. The number of fused-ring (bicyclic) bond motifs is 2. The van der Waals surface area contributed by atoms with E-state index in [0.29, 0.717) is 12.1 Å². The number of likely N-dealkylation sites (tertiary alicyclic amines) is 1. The van der Waals surface area contributed by atoms with E-state index in [-0.39, 0.29) is 0 Å². The predicted molar refractivity (Wildman–Crippen MR) is 93.8 cm³/mol. The standard InChI is InChI=1S/C18H27BrN2/c1-12(2)21-10-14-5-4-6-15(11-21)18(14)20-16-8-7-13(3)17(19)9-16/h7-9,12,14-15,18,20H,4-6,10-11H2,1-3H3. The molecule has 3 heteroatoms. The van der Waals surface area contributed by atoms with Crippen LogP contribution in [-0.2, 0) is 0 Å². The molecule has 1 aromatic rings. The Hall–Kier alpha value is -0.540. The molecule has 1 aliphatic heterocycles. The molecule has 1 aromatic carbocycles. The molecule has 2 atom stereocenters. The van der Waals surface area contributed by atoms with Gasteiger partial charge in [0.2, 0.25) is 0 Å². The highest BCUT2D eigenvalue weighted by Crippen LogP contribution is 2.37. The SMILES string of the molecule is Cc1ccc(NC2C3CCCC2CN(C(C)C)C3)cc1Br. The molecule has 116 valence electrons. The number of hydrogen-bond donors (Lipinski definition) is 1. The number of aryl methyl sites for hydroxylation is 1. The summed E-state index contributed by atoms with van der Waals surface area (Å²) in [5, 5.41) is 3.85. The maximum absolute atomic E-state index is 3.85. The summed E-state index contributed by atoms with van der Waals surface area (Å²) in [6.07, 6.45) is 4.17. The van der Waals surface area contributed by atoms with Gasteiger partial charge in [-0.2, -0.15) is 0 Å². The number of nitrogens with zero attached hydrogens (tertiary/aromatic N) is 1. The number of halogens is 1. The molecule has 2 bridgehead atoms. The molecule has 0 spiro atoms. The quantitative estimate of drug-likeness (QED) is 0.851. The van der Waals surface area contributed by atoms with Gasteiger partial charge in [0.05, 0.1) is 0 Å². The lowest BCUT2D eigenvalue weighted by Crippen LogP contribution is -2.56. The number of piperidine rings is 1. The molecular weight excluding hydrogens is 324 g/mol. The molecule has 1 N–H and O–H groups in total. The summed E-state index contributed by atoms with van der Waals surface area (Å²) in [4.78, 5) is 2.68. The minimum atomic E-state index is 0.656. The lowest BCUT2D eigenvalue weighted by molar-refractivity contribution is 0.0518. The molecule has 1 heterocycles. The second-order valence-electron chi connectivity index (χ2n) is 7.13. The first kappa shape index (κ1) is 15.4. The van der Waals surface area contributed by atoms with E-state index in [1.165, 1.54) is 48.1 Å². The Morgan fingerprint density at radius 2 is 1.86 bits per heavy atom. The van der Waals surface area contributed by atoms with E-state index in [0.717, 1.165) is 11.8 Å². The van der Waals surface area contributed by atoms with Crippen molar-refractivity contribution >= 4 is 21.6 Å². The number of nitrogens with one attached hydrogen (secondary N) is 1. The zero-order valence-electron chi connectivity index (χ0n) is 13.4. The summed E-state index contributed by atoms with van der Waals surface area (Å²) in [6.45, 7) is 9.34.